The molecule has 0 radical (unpaired) electrons. The van der Waals surface area contributed by atoms with Gasteiger partial charge in [0.25, 0.3) is 0 Å². The first kappa shape index (κ1) is 18.7. The van der Waals surface area contributed by atoms with E-state index in [2.05, 4.69) is 12.0 Å². The maximum atomic E-state index is 12.1. The topological polar surface area (TPSA) is 73.6 Å². The van der Waals surface area contributed by atoms with Gasteiger partial charge in [0.2, 0.25) is 0 Å². The van der Waals surface area contributed by atoms with Crippen molar-refractivity contribution in [2.24, 2.45) is 7.05 Å². The molecule has 1 unspecified atom stereocenters. The van der Waals surface area contributed by atoms with Gasteiger partial charge in [0.05, 0.1) is 24.3 Å². The van der Waals surface area contributed by atoms with Gasteiger partial charge in [0.15, 0.2) is 6.10 Å². The van der Waals surface area contributed by atoms with E-state index in [0.29, 0.717) is 5.69 Å². The minimum Gasteiger partial charge on any atom is -0.493 e. The summed E-state index contributed by atoms with van der Waals surface area (Å²) in [4.78, 5) is 13.1. The van der Waals surface area contributed by atoms with E-state index in [4.69, 9.17) is 9.47 Å². The number of hydrogen-bond acceptors (Lipinski definition) is 6. The van der Waals surface area contributed by atoms with Crippen LogP contribution in [-0.4, -0.2) is 34.6 Å². The lowest BCUT2D eigenvalue weighted by molar-refractivity contribution is -0.151. The number of ether oxygens (including phenoxy) is 2. The molecule has 28 heavy (non-hydrogen) atoms. The number of fused-ring (bicyclic) bond motifs is 1. The fourth-order valence-electron chi connectivity index (χ4n) is 3.81. The number of carbonyl (C=O) groups is 1. The number of aromatic nitrogens is 2. The number of aliphatic hydroxyl groups excluding tert-OH is 1. The molecule has 3 heterocycles. The molecule has 146 valence electrons. The molecule has 3 aromatic rings. The third kappa shape index (κ3) is 3.00. The van der Waals surface area contributed by atoms with Gasteiger partial charge in [-0.05, 0) is 54.0 Å². The Hall–Kier alpha value is -2.64. The van der Waals surface area contributed by atoms with Crippen molar-refractivity contribution in [1.29, 1.82) is 0 Å². The molecule has 0 amide bonds. The summed E-state index contributed by atoms with van der Waals surface area (Å²) in [5.74, 6) is 0.199. The number of aliphatic hydroxyl groups is 1. The minimum atomic E-state index is -1.42. The standard InChI is InChI=1S/C21H22N2O4S/c1-12-13-6-4-10-27-15(13)9-8-14(12)17-18(16-7-5-11-28-16)22-23(2)19(17)20(24)21(25)26-3/h5,7-9,11,20,24H,4,6,10H2,1-3H3. The summed E-state index contributed by atoms with van der Waals surface area (Å²) in [5, 5.41) is 17.3. The van der Waals surface area contributed by atoms with E-state index < -0.39 is 12.1 Å². The van der Waals surface area contributed by atoms with Gasteiger partial charge in [0, 0.05) is 12.6 Å². The van der Waals surface area contributed by atoms with Crippen LogP contribution in [0.4, 0.5) is 0 Å². The Balaban J connectivity index is 1.98. The molecular formula is C21H22N2O4S. The summed E-state index contributed by atoms with van der Waals surface area (Å²) >= 11 is 1.57. The van der Waals surface area contributed by atoms with Gasteiger partial charge in [-0.1, -0.05) is 12.1 Å². The zero-order valence-electron chi connectivity index (χ0n) is 16.1. The molecule has 1 aromatic carbocycles. The Morgan fingerprint density at radius 2 is 2.21 bits per heavy atom. The average Bonchev–Trinajstić information content (AvgIpc) is 3.35. The summed E-state index contributed by atoms with van der Waals surface area (Å²) < 4.78 is 12.2. The Morgan fingerprint density at radius 3 is 2.93 bits per heavy atom. The van der Waals surface area contributed by atoms with Gasteiger partial charge in [0.1, 0.15) is 11.4 Å². The Kier molecular flexibility index (Phi) is 4.95. The minimum absolute atomic E-state index is 0.426. The second kappa shape index (κ2) is 7.41. The maximum absolute atomic E-state index is 12.1. The zero-order chi connectivity index (χ0) is 19.8. The molecule has 0 saturated carbocycles. The summed E-state index contributed by atoms with van der Waals surface area (Å²) in [5.41, 5.74) is 5.13. The number of aryl methyl sites for hydroxylation is 1. The molecule has 0 aliphatic carbocycles. The molecular weight excluding hydrogens is 376 g/mol. The third-order valence-electron chi connectivity index (χ3n) is 5.18. The molecule has 4 rings (SSSR count). The van der Waals surface area contributed by atoms with Crippen molar-refractivity contribution in [3.8, 4) is 27.4 Å². The van der Waals surface area contributed by atoms with Crippen LogP contribution >= 0.6 is 11.3 Å². The van der Waals surface area contributed by atoms with Crippen LogP contribution in [-0.2, 0) is 23.0 Å². The first-order chi connectivity index (χ1) is 13.5. The third-order valence-corrected chi connectivity index (χ3v) is 6.06. The van der Waals surface area contributed by atoms with E-state index in [1.165, 1.54) is 12.7 Å². The zero-order valence-corrected chi connectivity index (χ0v) is 16.9. The number of benzene rings is 1. The van der Waals surface area contributed by atoms with Crippen LogP contribution in [0, 0.1) is 6.92 Å². The van der Waals surface area contributed by atoms with Crippen LogP contribution in [0.15, 0.2) is 29.6 Å². The van der Waals surface area contributed by atoms with Crippen LogP contribution < -0.4 is 4.74 Å². The monoisotopic (exact) mass is 398 g/mol. The molecule has 1 aliphatic rings. The number of methoxy groups -OCH3 is 1. The molecule has 1 N–H and O–H groups in total. The highest BCUT2D eigenvalue weighted by atomic mass is 32.1. The van der Waals surface area contributed by atoms with E-state index in [0.717, 1.165) is 52.5 Å². The Morgan fingerprint density at radius 1 is 1.39 bits per heavy atom. The molecule has 2 aromatic heterocycles. The van der Waals surface area contributed by atoms with Crippen molar-refractivity contribution in [3.05, 3.63) is 46.5 Å². The molecule has 1 aliphatic heterocycles. The van der Waals surface area contributed by atoms with E-state index in [1.54, 1.807) is 23.1 Å². The van der Waals surface area contributed by atoms with Crippen LogP contribution in [0.3, 0.4) is 0 Å². The predicted molar refractivity (Wildman–Crippen MR) is 107 cm³/mol. The lowest BCUT2D eigenvalue weighted by atomic mass is 9.90. The average molecular weight is 398 g/mol. The lowest BCUT2D eigenvalue weighted by Crippen LogP contribution is -2.18. The lowest BCUT2D eigenvalue weighted by Gasteiger charge is -2.22. The smallest absolute Gasteiger partial charge is 0.341 e. The number of carbonyl (C=O) groups excluding carboxylic acids is 1. The van der Waals surface area contributed by atoms with Crippen molar-refractivity contribution in [1.82, 2.24) is 9.78 Å². The first-order valence-corrected chi connectivity index (χ1v) is 10.0. The Bertz CT molecular complexity index is 1020. The second-order valence-corrected chi connectivity index (χ2v) is 7.75. The van der Waals surface area contributed by atoms with Crippen LogP contribution in [0.2, 0.25) is 0 Å². The van der Waals surface area contributed by atoms with E-state index in [-0.39, 0.29) is 0 Å². The van der Waals surface area contributed by atoms with Crippen molar-refractivity contribution in [3.63, 3.8) is 0 Å². The van der Waals surface area contributed by atoms with E-state index >= 15 is 0 Å². The molecule has 6 nitrogen and oxygen atoms in total. The SMILES string of the molecule is COC(=O)C(O)c1c(-c2ccc3c(c2C)CCCO3)c(-c2cccs2)nn1C. The first-order valence-electron chi connectivity index (χ1n) is 9.15. The van der Waals surface area contributed by atoms with Crippen molar-refractivity contribution in [2.45, 2.75) is 25.9 Å². The molecule has 7 heteroatoms. The summed E-state index contributed by atoms with van der Waals surface area (Å²) in [6, 6.07) is 7.90. The molecule has 0 bridgehead atoms. The van der Waals surface area contributed by atoms with Gasteiger partial charge in [-0.15, -0.1) is 11.3 Å². The molecule has 0 fully saturated rings. The van der Waals surface area contributed by atoms with E-state index in [9.17, 15) is 9.90 Å². The molecule has 0 saturated heterocycles. The number of rotatable bonds is 4. The second-order valence-electron chi connectivity index (χ2n) is 6.80. The number of nitrogens with zero attached hydrogens (tertiary/aromatic N) is 2. The quantitative estimate of drug-likeness (QED) is 0.679. The Labute approximate surface area is 167 Å². The van der Waals surface area contributed by atoms with Gasteiger partial charge in [-0.3, -0.25) is 4.68 Å². The molecule has 1 atom stereocenters. The summed E-state index contributed by atoms with van der Waals surface area (Å²) in [7, 11) is 3.00. The highest BCUT2D eigenvalue weighted by Crippen LogP contribution is 2.43. The van der Waals surface area contributed by atoms with Gasteiger partial charge in [-0.25, -0.2) is 4.79 Å². The number of thiophene rings is 1. The summed E-state index contributed by atoms with van der Waals surface area (Å²) in [6.07, 6.45) is 0.496. The fraction of sp³-hybridized carbons (Fsp3) is 0.333. The molecule has 0 spiro atoms. The highest BCUT2D eigenvalue weighted by molar-refractivity contribution is 7.13. The largest absolute Gasteiger partial charge is 0.493 e. The van der Waals surface area contributed by atoms with Crippen LogP contribution in [0.1, 0.15) is 29.3 Å². The summed E-state index contributed by atoms with van der Waals surface area (Å²) in [6.45, 7) is 2.79. The highest BCUT2D eigenvalue weighted by Gasteiger charge is 2.31. The normalized spacial score (nSPS) is 14.3. The number of hydrogen-bond donors (Lipinski definition) is 1. The van der Waals surface area contributed by atoms with Crippen molar-refractivity contribution < 1.29 is 19.4 Å². The number of esters is 1. The maximum Gasteiger partial charge on any atom is 0.341 e. The van der Waals surface area contributed by atoms with Crippen molar-refractivity contribution >= 4 is 17.3 Å². The van der Waals surface area contributed by atoms with Gasteiger partial charge in [-0.2, -0.15) is 5.10 Å². The van der Waals surface area contributed by atoms with Crippen molar-refractivity contribution in [2.75, 3.05) is 13.7 Å². The van der Waals surface area contributed by atoms with Gasteiger partial charge >= 0.3 is 5.97 Å². The van der Waals surface area contributed by atoms with Crippen LogP contribution in [0.5, 0.6) is 5.75 Å². The fourth-order valence-corrected chi connectivity index (χ4v) is 4.52. The van der Waals surface area contributed by atoms with E-state index in [1.807, 2.05) is 29.6 Å². The van der Waals surface area contributed by atoms with Crippen LogP contribution in [0.25, 0.3) is 21.7 Å². The van der Waals surface area contributed by atoms with Gasteiger partial charge < -0.3 is 14.6 Å². The predicted octanol–water partition coefficient (Wildman–Crippen LogP) is 3.66.